The van der Waals surface area contributed by atoms with Gasteiger partial charge < -0.3 is 0 Å². The molecule has 0 bridgehead atoms. The van der Waals surface area contributed by atoms with Crippen LogP contribution >= 0.6 is 11.6 Å². The summed E-state index contributed by atoms with van der Waals surface area (Å²) in [6.07, 6.45) is 10.8. The Morgan fingerprint density at radius 2 is 1.95 bits per heavy atom. The molecule has 1 heterocycles. The number of halogens is 1. The number of pyridine rings is 1. The first kappa shape index (κ1) is 13.6. The van der Waals surface area contributed by atoms with E-state index in [4.69, 9.17) is 11.6 Å². The topological polar surface area (TPSA) is 12.9 Å². The lowest BCUT2D eigenvalue weighted by atomic mass is 9.83. The highest BCUT2D eigenvalue weighted by atomic mass is 35.5. The SMILES string of the molecule is ClC/C(=C/c1ccnc2ccccc12)C1CCCCC1. The van der Waals surface area contributed by atoms with Gasteiger partial charge in [0.15, 0.2) is 0 Å². The van der Waals surface area contributed by atoms with Crippen LogP contribution in [0.1, 0.15) is 37.7 Å². The second-order valence-electron chi connectivity index (χ2n) is 5.61. The summed E-state index contributed by atoms with van der Waals surface area (Å²) in [5.74, 6) is 1.31. The minimum Gasteiger partial charge on any atom is -0.256 e. The average Bonchev–Trinajstić information content (AvgIpc) is 2.53. The van der Waals surface area contributed by atoms with Crippen LogP contribution in [-0.2, 0) is 0 Å². The fourth-order valence-electron chi connectivity index (χ4n) is 3.18. The molecule has 1 aromatic carbocycles. The molecule has 104 valence electrons. The highest BCUT2D eigenvalue weighted by molar-refractivity contribution is 6.19. The van der Waals surface area contributed by atoms with E-state index < -0.39 is 0 Å². The zero-order valence-corrected chi connectivity index (χ0v) is 12.4. The monoisotopic (exact) mass is 285 g/mol. The van der Waals surface area contributed by atoms with Gasteiger partial charge in [-0.2, -0.15) is 0 Å². The van der Waals surface area contributed by atoms with E-state index in [-0.39, 0.29) is 0 Å². The maximum atomic E-state index is 6.22. The second kappa shape index (κ2) is 6.41. The number of aromatic nitrogens is 1. The molecule has 2 heteroatoms. The number of hydrogen-bond donors (Lipinski definition) is 0. The summed E-state index contributed by atoms with van der Waals surface area (Å²) in [7, 11) is 0. The van der Waals surface area contributed by atoms with Crippen molar-refractivity contribution in [3.63, 3.8) is 0 Å². The molecule has 1 nitrogen and oxygen atoms in total. The maximum Gasteiger partial charge on any atom is 0.0707 e. The van der Waals surface area contributed by atoms with Gasteiger partial charge in [-0.3, -0.25) is 4.98 Å². The molecule has 3 rings (SSSR count). The number of rotatable bonds is 3. The van der Waals surface area contributed by atoms with Gasteiger partial charge in [0.25, 0.3) is 0 Å². The molecular weight excluding hydrogens is 266 g/mol. The Morgan fingerprint density at radius 3 is 2.75 bits per heavy atom. The summed E-state index contributed by atoms with van der Waals surface area (Å²) < 4.78 is 0. The predicted molar refractivity (Wildman–Crippen MR) is 87.0 cm³/mol. The number of fused-ring (bicyclic) bond motifs is 1. The van der Waals surface area contributed by atoms with Crippen LogP contribution in [0.25, 0.3) is 17.0 Å². The van der Waals surface area contributed by atoms with Crippen molar-refractivity contribution in [3.8, 4) is 0 Å². The largest absolute Gasteiger partial charge is 0.256 e. The van der Waals surface area contributed by atoms with Gasteiger partial charge in [-0.25, -0.2) is 0 Å². The smallest absolute Gasteiger partial charge is 0.0707 e. The van der Waals surface area contributed by atoms with E-state index in [1.54, 1.807) is 0 Å². The third-order valence-electron chi connectivity index (χ3n) is 4.31. The first-order valence-electron chi connectivity index (χ1n) is 7.48. The summed E-state index contributed by atoms with van der Waals surface area (Å²) in [5.41, 5.74) is 3.69. The molecule has 0 aliphatic heterocycles. The predicted octanol–water partition coefficient (Wildman–Crippen LogP) is 5.44. The fourth-order valence-corrected chi connectivity index (χ4v) is 3.48. The van der Waals surface area contributed by atoms with Gasteiger partial charge in [-0.1, -0.05) is 49.1 Å². The summed E-state index contributed by atoms with van der Waals surface area (Å²) in [6.45, 7) is 0. The van der Waals surface area contributed by atoms with E-state index in [0.717, 1.165) is 5.52 Å². The summed E-state index contributed by atoms with van der Waals surface area (Å²) in [4.78, 5) is 4.43. The minimum atomic E-state index is 0.640. The zero-order chi connectivity index (χ0) is 13.8. The zero-order valence-electron chi connectivity index (χ0n) is 11.7. The maximum absolute atomic E-state index is 6.22. The lowest BCUT2D eigenvalue weighted by Crippen LogP contribution is -2.10. The van der Waals surface area contributed by atoms with E-state index in [9.17, 15) is 0 Å². The van der Waals surface area contributed by atoms with Crippen LogP contribution in [0.15, 0.2) is 42.1 Å². The van der Waals surface area contributed by atoms with Crippen LogP contribution in [0.3, 0.4) is 0 Å². The van der Waals surface area contributed by atoms with E-state index in [1.165, 1.54) is 48.6 Å². The van der Waals surface area contributed by atoms with Gasteiger partial charge in [0.2, 0.25) is 0 Å². The van der Waals surface area contributed by atoms with Crippen LogP contribution < -0.4 is 0 Å². The Labute approximate surface area is 125 Å². The molecule has 0 radical (unpaired) electrons. The normalized spacial score (nSPS) is 17.6. The molecule has 0 spiro atoms. The van der Waals surface area contributed by atoms with Crippen LogP contribution in [0.2, 0.25) is 0 Å². The Balaban J connectivity index is 1.98. The molecule has 20 heavy (non-hydrogen) atoms. The number of nitrogens with zero attached hydrogens (tertiary/aromatic N) is 1. The van der Waals surface area contributed by atoms with Crippen LogP contribution in [0, 0.1) is 5.92 Å². The van der Waals surface area contributed by atoms with Crippen molar-refractivity contribution in [2.45, 2.75) is 32.1 Å². The van der Waals surface area contributed by atoms with Gasteiger partial charge in [-0.05, 0) is 36.5 Å². The molecule has 0 N–H and O–H groups in total. The van der Waals surface area contributed by atoms with Crippen molar-refractivity contribution in [1.29, 1.82) is 0 Å². The molecule has 0 amide bonds. The first-order chi connectivity index (χ1) is 9.88. The Kier molecular flexibility index (Phi) is 4.37. The van der Waals surface area contributed by atoms with Crippen LogP contribution in [0.4, 0.5) is 0 Å². The molecule has 1 aliphatic carbocycles. The van der Waals surface area contributed by atoms with Gasteiger partial charge in [0, 0.05) is 17.5 Å². The van der Waals surface area contributed by atoms with Gasteiger partial charge in [-0.15, -0.1) is 11.6 Å². The first-order valence-corrected chi connectivity index (χ1v) is 8.02. The number of para-hydroxylation sites is 1. The third kappa shape index (κ3) is 2.88. The van der Waals surface area contributed by atoms with Crippen LogP contribution in [-0.4, -0.2) is 10.9 Å². The van der Waals surface area contributed by atoms with Crippen molar-refractivity contribution in [3.05, 3.63) is 47.7 Å². The average molecular weight is 286 g/mol. The number of hydrogen-bond acceptors (Lipinski definition) is 1. The Hall–Kier alpha value is -1.34. The molecule has 1 saturated carbocycles. The van der Waals surface area contributed by atoms with Crippen molar-refractivity contribution in [2.75, 3.05) is 5.88 Å². The second-order valence-corrected chi connectivity index (χ2v) is 5.87. The molecule has 1 aromatic heterocycles. The highest BCUT2D eigenvalue weighted by Gasteiger charge is 2.17. The lowest BCUT2D eigenvalue weighted by molar-refractivity contribution is 0.405. The number of alkyl halides is 1. The highest BCUT2D eigenvalue weighted by Crippen LogP contribution is 2.32. The van der Waals surface area contributed by atoms with E-state index >= 15 is 0 Å². The van der Waals surface area contributed by atoms with E-state index in [0.29, 0.717) is 11.8 Å². The van der Waals surface area contributed by atoms with Crippen molar-refractivity contribution >= 4 is 28.6 Å². The van der Waals surface area contributed by atoms with E-state index in [1.807, 2.05) is 12.3 Å². The van der Waals surface area contributed by atoms with Crippen LogP contribution in [0.5, 0.6) is 0 Å². The Bertz CT molecular complexity index is 606. The van der Waals surface area contributed by atoms with Crippen molar-refractivity contribution in [2.24, 2.45) is 5.92 Å². The molecule has 0 unspecified atom stereocenters. The Morgan fingerprint density at radius 1 is 1.15 bits per heavy atom. The summed E-state index contributed by atoms with van der Waals surface area (Å²) in [6, 6.07) is 10.4. The van der Waals surface area contributed by atoms with Gasteiger partial charge >= 0.3 is 0 Å². The molecule has 2 aromatic rings. The lowest BCUT2D eigenvalue weighted by Gasteiger charge is -2.23. The number of benzene rings is 1. The summed E-state index contributed by atoms with van der Waals surface area (Å²) >= 11 is 6.22. The molecule has 0 atom stereocenters. The van der Waals surface area contributed by atoms with Crippen molar-refractivity contribution in [1.82, 2.24) is 4.98 Å². The van der Waals surface area contributed by atoms with Gasteiger partial charge in [0.05, 0.1) is 5.52 Å². The third-order valence-corrected chi connectivity index (χ3v) is 4.62. The fraction of sp³-hybridized carbons (Fsp3) is 0.389. The summed E-state index contributed by atoms with van der Waals surface area (Å²) in [5, 5.41) is 1.22. The standard InChI is InChI=1S/C18H20ClN/c19-13-16(14-6-2-1-3-7-14)12-15-10-11-20-18-9-5-4-8-17(15)18/h4-5,8-12,14H,1-3,6-7,13H2/b16-12-. The molecule has 0 saturated heterocycles. The molecular formula is C18H20ClN. The number of allylic oxidation sites excluding steroid dienone is 1. The molecule has 1 aliphatic rings. The van der Waals surface area contributed by atoms with Gasteiger partial charge in [0.1, 0.15) is 0 Å². The molecule has 1 fully saturated rings. The van der Waals surface area contributed by atoms with Crippen molar-refractivity contribution < 1.29 is 0 Å². The van der Waals surface area contributed by atoms with E-state index in [2.05, 4.69) is 35.3 Å². The minimum absolute atomic E-state index is 0.640. The quantitative estimate of drug-likeness (QED) is 0.685.